The number of ether oxygens (including phenoxy) is 1. The molecule has 1 amide bonds. The Kier molecular flexibility index (Phi) is 7.96. The fraction of sp³-hybridized carbons (Fsp3) is 0.417. The van der Waals surface area contributed by atoms with Crippen LogP contribution in [-0.2, 0) is 4.79 Å². The van der Waals surface area contributed by atoms with Crippen LogP contribution in [0.2, 0.25) is 0 Å². The van der Waals surface area contributed by atoms with Crippen molar-refractivity contribution >= 4 is 28.9 Å². The lowest BCUT2D eigenvalue weighted by molar-refractivity contribution is -0.115. The van der Waals surface area contributed by atoms with E-state index in [1.165, 1.54) is 13.0 Å². The van der Waals surface area contributed by atoms with Gasteiger partial charge in [0.15, 0.2) is 16.7 Å². The van der Waals surface area contributed by atoms with Gasteiger partial charge in [-0.05, 0) is 73.3 Å². The van der Waals surface area contributed by atoms with Gasteiger partial charge >= 0.3 is 0 Å². The molecule has 30 heavy (non-hydrogen) atoms. The maximum absolute atomic E-state index is 14.1. The van der Waals surface area contributed by atoms with Crippen LogP contribution in [0.25, 0.3) is 0 Å². The van der Waals surface area contributed by atoms with Crippen LogP contribution in [-0.4, -0.2) is 17.1 Å². The quantitative estimate of drug-likeness (QED) is 0.531. The molecule has 2 rings (SSSR count). The Morgan fingerprint density at radius 3 is 2.00 bits per heavy atom. The lowest BCUT2D eigenvalue weighted by atomic mass is 9.91. The number of anilines is 1. The summed E-state index contributed by atoms with van der Waals surface area (Å²) in [6, 6.07) is 10.1. The van der Waals surface area contributed by atoms with Crippen LogP contribution in [0, 0.1) is 5.82 Å². The van der Waals surface area contributed by atoms with Crippen LogP contribution >= 0.6 is 12.2 Å². The van der Waals surface area contributed by atoms with E-state index < -0.39 is 5.82 Å². The van der Waals surface area contributed by atoms with Gasteiger partial charge in [0.1, 0.15) is 5.75 Å². The van der Waals surface area contributed by atoms with Gasteiger partial charge < -0.3 is 10.1 Å². The molecule has 0 aliphatic heterocycles. The average molecular weight is 431 g/mol. The first-order chi connectivity index (χ1) is 14.0. The molecule has 0 bridgehead atoms. The van der Waals surface area contributed by atoms with Crippen molar-refractivity contribution in [1.29, 1.82) is 0 Å². The first kappa shape index (κ1) is 23.8. The highest BCUT2D eigenvalue weighted by Crippen LogP contribution is 2.40. The van der Waals surface area contributed by atoms with Gasteiger partial charge in [-0.3, -0.25) is 9.69 Å². The van der Waals surface area contributed by atoms with Gasteiger partial charge in [0.25, 0.3) is 0 Å². The molecule has 0 heterocycles. The normalized spacial score (nSPS) is 11.2. The first-order valence-electron chi connectivity index (χ1n) is 10.2. The van der Waals surface area contributed by atoms with E-state index in [1.54, 1.807) is 23.1 Å². The standard InChI is InChI=1S/C24H31FN2O2S/c1-14(2)19-12-18(29-22-11-9-8-10-21(22)25)13-20(15(3)4)23(19)27(17(7)28)24(30)26-16(5)6/h8-16H,1-7H3,(H,26,30). The number of hydrogen-bond acceptors (Lipinski definition) is 3. The summed E-state index contributed by atoms with van der Waals surface area (Å²) >= 11 is 5.57. The minimum absolute atomic E-state index is 0.0883. The summed E-state index contributed by atoms with van der Waals surface area (Å²) in [7, 11) is 0. The van der Waals surface area contributed by atoms with E-state index in [2.05, 4.69) is 5.32 Å². The molecule has 2 aromatic rings. The van der Waals surface area contributed by atoms with Gasteiger partial charge in [-0.15, -0.1) is 0 Å². The van der Waals surface area contributed by atoms with Crippen LogP contribution in [0.15, 0.2) is 36.4 Å². The number of nitrogens with one attached hydrogen (secondary N) is 1. The van der Waals surface area contributed by atoms with Crippen LogP contribution in [0.3, 0.4) is 0 Å². The van der Waals surface area contributed by atoms with Crippen molar-refractivity contribution in [2.45, 2.75) is 66.3 Å². The number of rotatable bonds is 6. The third-order valence-electron chi connectivity index (χ3n) is 4.60. The third-order valence-corrected chi connectivity index (χ3v) is 4.91. The van der Waals surface area contributed by atoms with E-state index >= 15 is 0 Å². The number of carbonyl (C=O) groups excluding carboxylic acids is 1. The van der Waals surface area contributed by atoms with Crippen LogP contribution in [0.4, 0.5) is 10.1 Å². The molecule has 0 unspecified atom stereocenters. The van der Waals surface area contributed by atoms with Crippen molar-refractivity contribution in [2.24, 2.45) is 0 Å². The zero-order valence-corrected chi connectivity index (χ0v) is 19.6. The zero-order valence-electron chi connectivity index (χ0n) is 18.7. The Bertz CT molecular complexity index is 896. The largest absolute Gasteiger partial charge is 0.454 e. The molecule has 0 saturated heterocycles. The summed E-state index contributed by atoms with van der Waals surface area (Å²) in [6.45, 7) is 13.7. The summed E-state index contributed by atoms with van der Waals surface area (Å²) < 4.78 is 20.0. The predicted molar refractivity (Wildman–Crippen MR) is 125 cm³/mol. The van der Waals surface area contributed by atoms with Crippen molar-refractivity contribution in [1.82, 2.24) is 5.32 Å². The summed E-state index contributed by atoms with van der Waals surface area (Å²) in [5.41, 5.74) is 2.60. The van der Waals surface area contributed by atoms with Crippen molar-refractivity contribution in [3.8, 4) is 11.5 Å². The molecule has 0 saturated carbocycles. The minimum atomic E-state index is -0.425. The molecule has 4 nitrogen and oxygen atoms in total. The van der Waals surface area contributed by atoms with Gasteiger partial charge in [0, 0.05) is 13.0 Å². The molecule has 0 fully saturated rings. The van der Waals surface area contributed by atoms with E-state index in [0.29, 0.717) is 10.9 Å². The summed E-state index contributed by atoms with van der Waals surface area (Å²) in [5, 5.41) is 3.54. The molecule has 6 heteroatoms. The summed E-state index contributed by atoms with van der Waals surface area (Å²) in [4.78, 5) is 14.2. The Balaban J connectivity index is 2.68. The van der Waals surface area contributed by atoms with Crippen molar-refractivity contribution < 1.29 is 13.9 Å². The fourth-order valence-corrected chi connectivity index (χ4v) is 3.67. The van der Waals surface area contributed by atoms with Crippen molar-refractivity contribution in [2.75, 3.05) is 4.90 Å². The minimum Gasteiger partial charge on any atom is -0.454 e. The van der Waals surface area contributed by atoms with Gasteiger partial charge in [-0.25, -0.2) is 4.39 Å². The second-order valence-electron chi connectivity index (χ2n) is 8.25. The third kappa shape index (κ3) is 5.57. The van der Waals surface area contributed by atoms with Crippen LogP contribution in [0.5, 0.6) is 11.5 Å². The van der Waals surface area contributed by atoms with Gasteiger partial charge in [0.05, 0.1) is 5.69 Å². The van der Waals surface area contributed by atoms with E-state index in [-0.39, 0.29) is 29.5 Å². The lowest BCUT2D eigenvalue weighted by Crippen LogP contribution is -2.46. The molecule has 0 aromatic heterocycles. The number of benzene rings is 2. The molecule has 0 aliphatic rings. The number of para-hydroxylation sites is 1. The Labute approximate surface area is 184 Å². The number of hydrogen-bond donors (Lipinski definition) is 1. The van der Waals surface area contributed by atoms with Gasteiger partial charge in [0.2, 0.25) is 5.91 Å². The molecular formula is C24H31FN2O2S. The molecular weight excluding hydrogens is 399 g/mol. The molecule has 162 valence electrons. The Morgan fingerprint density at radius 2 is 1.57 bits per heavy atom. The lowest BCUT2D eigenvalue weighted by Gasteiger charge is -2.31. The van der Waals surface area contributed by atoms with Crippen LogP contribution < -0.4 is 15.0 Å². The van der Waals surface area contributed by atoms with E-state index in [1.807, 2.05) is 53.7 Å². The summed E-state index contributed by atoms with van der Waals surface area (Å²) in [6.07, 6.45) is 0. The SMILES string of the molecule is CC(=O)N(C(=S)NC(C)C)c1c(C(C)C)cc(Oc2ccccc2F)cc1C(C)C. The zero-order chi connectivity index (χ0) is 22.6. The van der Waals surface area contributed by atoms with Crippen LogP contribution in [0.1, 0.15) is 71.4 Å². The number of thiocarbonyl (C=S) groups is 1. The molecule has 0 radical (unpaired) electrons. The van der Waals surface area contributed by atoms with Crippen molar-refractivity contribution in [3.63, 3.8) is 0 Å². The van der Waals surface area contributed by atoms with Gasteiger partial charge in [-0.2, -0.15) is 0 Å². The number of nitrogens with zero attached hydrogens (tertiary/aromatic N) is 1. The number of carbonyl (C=O) groups is 1. The second-order valence-corrected chi connectivity index (χ2v) is 8.64. The molecule has 0 aliphatic carbocycles. The number of halogens is 1. The monoisotopic (exact) mass is 430 g/mol. The summed E-state index contributed by atoms with van der Waals surface area (Å²) in [5.74, 6) is 0.277. The maximum Gasteiger partial charge on any atom is 0.230 e. The predicted octanol–water partition coefficient (Wildman–Crippen LogP) is 6.50. The van der Waals surface area contributed by atoms with E-state index in [4.69, 9.17) is 17.0 Å². The highest BCUT2D eigenvalue weighted by atomic mass is 32.1. The molecule has 2 aromatic carbocycles. The highest BCUT2D eigenvalue weighted by Gasteiger charge is 2.27. The maximum atomic E-state index is 14.1. The van der Waals surface area contributed by atoms with E-state index in [9.17, 15) is 9.18 Å². The second kappa shape index (κ2) is 10.0. The van der Waals surface area contributed by atoms with E-state index in [0.717, 1.165) is 16.8 Å². The highest BCUT2D eigenvalue weighted by molar-refractivity contribution is 7.80. The molecule has 0 atom stereocenters. The fourth-order valence-electron chi connectivity index (χ4n) is 3.22. The molecule has 1 N–H and O–H groups in total. The first-order valence-corrected chi connectivity index (χ1v) is 10.6. The topological polar surface area (TPSA) is 41.6 Å². The number of amides is 1. The van der Waals surface area contributed by atoms with Crippen molar-refractivity contribution in [3.05, 3.63) is 53.3 Å². The Hall–Kier alpha value is -2.47. The van der Waals surface area contributed by atoms with Gasteiger partial charge in [-0.1, -0.05) is 39.8 Å². The smallest absolute Gasteiger partial charge is 0.230 e. The average Bonchev–Trinajstić information content (AvgIpc) is 2.63. The molecule has 0 spiro atoms. The Morgan fingerprint density at radius 1 is 1.03 bits per heavy atom.